The Morgan fingerprint density at radius 2 is 2.25 bits per heavy atom. The molecule has 20 heavy (non-hydrogen) atoms. The van der Waals surface area contributed by atoms with E-state index in [4.69, 9.17) is 16.9 Å². The van der Waals surface area contributed by atoms with Crippen LogP contribution in [0.15, 0.2) is 23.4 Å². The van der Waals surface area contributed by atoms with E-state index in [-0.39, 0.29) is 0 Å². The summed E-state index contributed by atoms with van der Waals surface area (Å²) in [5, 5.41) is 10.3. The fourth-order valence-electron chi connectivity index (χ4n) is 2.38. The minimum absolute atomic E-state index is 0.648. The third-order valence-electron chi connectivity index (χ3n) is 3.41. The van der Waals surface area contributed by atoms with E-state index in [1.165, 1.54) is 0 Å². The van der Waals surface area contributed by atoms with Crippen molar-refractivity contribution in [3.05, 3.63) is 23.2 Å². The van der Waals surface area contributed by atoms with Crippen LogP contribution in [-0.4, -0.2) is 26.9 Å². The second-order valence-corrected chi connectivity index (χ2v) is 6.32. The molecule has 6 heteroatoms. The largest absolute Gasteiger partial charge is 0.317 e. The van der Waals surface area contributed by atoms with Crippen LogP contribution < -0.4 is 0 Å². The molecular formula is C14H15ClN4S. The van der Waals surface area contributed by atoms with Gasteiger partial charge in [-0.2, -0.15) is 5.26 Å². The zero-order valence-electron chi connectivity index (χ0n) is 11.0. The molecule has 0 atom stereocenters. The highest BCUT2D eigenvalue weighted by molar-refractivity contribution is 7.96. The fourth-order valence-corrected chi connectivity index (χ4v) is 3.60. The molecule has 2 aromatic rings. The van der Waals surface area contributed by atoms with E-state index in [9.17, 15) is 0 Å². The Hall–Kier alpha value is -1.22. The fraction of sp³-hybridized carbons (Fsp3) is 0.429. The average molecular weight is 307 g/mol. The first-order valence-electron chi connectivity index (χ1n) is 6.73. The van der Waals surface area contributed by atoms with Crippen LogP contribution in [0.1, 0.15) is 19.3 Å². The van der Waals surface area contributed by atoms with Crippen LogP contribution in [0.5, 0.6) is 0 Å². The summed E-state index contributed by atoms with van der Waals surface area (Å²) in [6.45, 7) is 2.95. The maximum Gasteiger partial charge on any atom is 0.184 e. The Balaban J connectivity index is 1.72. The lowest BCUT2D eigenvalue weighted by atomic mass is 10.2. The highest BCUT2D eigenvalue weighted by Gasteiger charge is 2.20. The van der Waals surface area contributed by atoms with Gasteiger partial charge >= 0.3 is 0 Å². The number of rotatable bonds is 4. The summed E-state index contributed by atoms with van der Waals surface area (Å²) in [7, 11) is 0. The van der Waals surface area contributed by atoms with Gasteiger partial charge in [0.2, 0.25) is 0 Å². The van der Waals surface area contributed by atoms with Crippen molar-refractivity contribution in [3.63, 3.8) is 0 Å². The number of halogens is 1. The molecular weight excluding hydrogens is 292 g/mol. The highest BCUT2D eigenvalue weighted by Crippen LogP contribution is 2.31. The summed E-state index contributed by atoms with van der Waals surface area (Å²) < 4.78 is 4.57. The smallest absolute Gasteiger partial charge is 0.184 e. The van der Waals surface area contributed by atoms with Gasteiger partial charge in [0.1, 0.15) is 0 Å². The molecule has 0 unspecified atom stereocenters. The molecule has 3 rings (SSSR count). The molecule has 1 aromatic carbocycles. The lowest BCUT2D eigenvalue weighted by Gasteiger charge is -2.26. The van der Waals surface area contributed by atoms with Crippen LogP contribution in [0, 0.1) is 11.3 Å². The Bertz CT molecular complexity index is 661. The number of aromatic nitrogens is 2. The average Bonchev–Trinajstić information content (AvgIpc) is 2.81. The van der Waals surface area contributed by atoms with Crippen molar-refractivity contribution in [2.45, 2.75) is 31.0 Å². The lowest BCUT2D eigenvalue weighted by molar-refractivity contribution is 0.399. The van der Waals surface area contributed by atoms with Crippen LogP contribution in [0.4, 0.5) is 0 Å². The summed E-state index contributed by atoms with van der Waals surface area (Å²) in [5.41, 5.74) is 2.12. The number of nitriles is 1. The van der Waals surface area contributed by atoms with E-state index in [2.05, 4.69) is 19.9 Å². The van der Waals surface area contributed by atoms with Crippen molar-refractivity contribution in [1.82, 2.24) is 13.9 Å². The molecule has 0 aliphatic carbocycles. The Morgan fingerprint density at radius 1 is 1.35 bits per heavy atom. The maximum absolute atomic E-state index is 8.54. The van der Waals surface area contributed by atoms with Gasteiger partial charge in [-0.25, -0.2) is 9.29 Å². The second-order valence-electron chi connectivity index (χ2n) is 4.81. The van der Waals surface area contributed by atoms with Crippen molar-refractivity contribution in [3.8, 4) is 6.07 Å². The predicted molar refractivity (Wildman–Crippen MR) is 81.6 cm³/mol. The predicted octanol–water partition coefficient (Wildman–Crippen LogP) is 3.71. The number of imidazole rings is 1. The number of fused-ring (bicyclic) bond motifs is 3. The zero-order chi connectivity index (χ0) is 13.9. The van der Waals surface area contributed by atoms with E-state index in [1.54, 1.807) is 11.9 Å². The van der Waals surface area contributed by atoms with Crippen LogP contribution in [0.2, 0.25) is 5.02 Å². The summed E-state index contributed by atoms with van der Waals surface area (Å²) in [4.78, 5) is 4.66. The Labute approximate surface area is 127 Å². The highest BCUT2D eigenvalue weighted by atomic mass is 35.5. The molecule has 2 heterocycles. The van der Waals surface area contributed by atoms with Crippen LogP contribution in [0.25, 0.3) is 11.0 Å². The molecule has 1 aliphatic rings. The monoisotopic (exact) mass is 306 g/mol. The Kier molecular flexibility index (Phi) is 4.16. The van der Waals surface area contributed by atoms with E-state index >= 15 is 0 Å². The standard InChI is InChI=1S/C14H15ClN4S/c15-11-4-5-12-13(10-11)19-9-8-18(20-14(19)17-12)7-3-1-2-6-16/h4-5,10H,1-3,7-9H2. The molecule has 0 saturated heterocycles. The summed E-state index contributed by atoms with van der Waals surface area (Å²) in [6.07, 6.45) is 2.68. The quantitative estimate of drug-likeness (QED) is 0.638. The van der Waals surface area contributed by atoms with Crippen molar-refractivity contribution in [1.29, 1.82) is 5.26 Å². The summed E-state index contributed by atoms with van der Waals surface area (Å²) >= 11 is 7.77. The zero-order valence-corrected chi connectivity index (χ0v) is 12.6. The SMILES string of the molecule is N#CCCCCN1CCn2c(nc3ccc(Cl)cc32)S1. The van der Waals surface area contributed by atoms with Gasteiger partial charge < -0.3 is 4.57 Å². The van der Waals surface area contributed by atoms with E-state index in [0.717, 1.165) is 53.7 Å². The van der Waals surface area contributed by atoms with Crippen LogP contribution >= 0.6 is 23.5 Å². The topological polar surface area (TPSA) is 44.9 Å². The Morgan fingerprint density at radius 3 is 3.10 bits per heavy atom. The van der Waals surface area contributed by atoms with Gasteiger partial charge in [-0.3, -0.25) is 0 Å². The van der Waals surface area contributed by atoms with Crippen molar-refractivity contribution in [2.24, 2.45) is 0 Å². The third-order valence-corrected chi connectivity index (χ3v) is 4.74. The van der Waals surface area contributed by atoms with Crippen molar-refractivity contribution < 1.29 is 0 Å². The van der Waals surface area contributed by atoms with E-state index in [0.29, 0.717) is 6.42 Å². The number of unbranched alkanes of at least 4 members (excludes halogenated alkanes) is 2. The first kappa shape index (κ1) is 13.7. The van der Waals surface area contributed by atoms with Crippen molar-refractivity contribution in [2.75, 3.05) is 13.1 Å². The summed E-state index contributed by atoms with van der Waals surface area (Å²) in [5.74, 6) is 0. The minimum atomic E-state index is 0.648. The molecule has 104 valence electrons. The number of hydrogen-bond acceptors (Lipinski definition) is 4. The molecule has 0 saturated carbocycles. The summed E-state index contributed by atoms with van der Waals surface area (Å²) in [6, 6.07) is 8.03. The molecule has 0 N–H and O–H groups in total. The van der Waals surface area contributed by atoms with Crippen LogP contribution in [-0.2, 0) is 6.54 Å². The number of nitrogens with zero attached hydrogens (tertiary/aromatic N) is 4. The van der Waals surface area contributed by atoms with Gasteiger partial charge in [0.15, 0.2) is 5.16 Å². The second kappa shape index (κ2) is 6.04. The lowest BCUT2D eigenvalue weighted by Crippen LogP contribution is -2.27. The van der Waals surface area contributed by atoms with Gasteiger partial charge in [0.05, 0.1) is 17.1 Å². The van der Waals surface area contributed by atoms with Gasteiger partial charge in [-0.1, -0.05) is 11.6 Å². The van der Waals surface area contributed by atoms with Crippen molar-refractivity contribution >= 4 is 34.6 Å². The van der Waals surface area contributed by atoms with E-state index in [1.807, 2.05) is 18.2 Å². The molecule has 0 fully saturated rings. The molecule has 0 spiro atoms. The van der Waals surface area contributed by atoms with E-state index < -0.39 is 0 Å². The van der Waals surface area contributed by atoms with Crippen LogP contribution in [0.3, 0.4) is 0 Å². The first-order chi connectivity index (χ1) is 9.78. The normalized spacial score (nSPS) is 15.2. The van der Waals surface area contributed by atoms with Gasteiger partial charge in [-0.15, -0.1) is 0 Å². The van der Waals surface area contributed by atoms with Gasteiger partial charge in [-0.05, 0) is 43.0 Å². The molecule has 4 nitrogen and oxygen atoms in total. The molecule has 0 amide bonds. The maximum atomic E-state index is 8.54. The third kappa shape index (κ3) is 2.78. The van der Waals surface area contributed by atoms with Gasteiger partial charge in [0.25, 0.3) is 0 Å². The molecule has 0 bridgehead atoms. The number of hydrogen-bond donors (Lipinski definition) is 0. The molecule has 1 aliphatic heterocycles. The molecule has 0 radical (unpaired) electrons. The first-order valence-corrected chi connectivity index (χ1v) is 7.89. The minimum Gasteiger partial charge on any atom is -0.317 e. The number of benzene rings is 1. The van der Waals surface area contributed by atoms with Gasteiger partial charge in [0, 0.05) is 31.1 Å². The molecule has 1 aromatic heterocycles.